The van der Waals surface area contributed by atoms with Crippen molar-refractivity contribution in [2.75, 3.05) is 31.6 Å². The van der Waals surface area contributed by atoms with Gasteiger partial charge in [-0.15, -0.1) is 0 Å². The number of aryl methyl sites for hydroxylation is 1. The summed E-state index contributed by atoms with van der Waals surface area (Å²) in [5.74, 6) is 0.878. The van der Waals surface area contributed by atoms with Crippen molar-refractivity contribution in [2.45, 2.75) is 52.7 Å². The molecule has 2 rings (SSSR count). The molecule has 0 spiro atoms. The Morgan fingerprint density at radius 3 is 2.81 bits per heavy atom. The van der Waals surface area contributed by atoms with Gasteiger partial charge in [-0.05, 0) is 33.9 Å². The zero-order valence-electron chi connectivity index (χ0n) is 14.1. The molecule has 1 aromatic rings. The fourth-order valence-corrected chi connectivity index (χ4v) is 2.78. The van der Waals surface area contributed by atoms with Crippen molar-refractivity contribution in [3.05, 3.63) is 17.5 Å². The molecule has 0 bridgehead atoms. The zero-order valence-corrected chi connectivity index (χ0v) is 14.1. The minimum Gasteiger partial charge on any atom is -0.337 e. The van der Waals surface area contributed by atoms with E-state index < -0.39 is 0 Å². The Balaban J connectivity index is 2.11. The van der Waals surface area contributed by atoms with E-state index in [1.807, 2.05) is 6.20 Å². The van der Waals surface area contributed by atoms with Gasteiger partial charge in [0, 0.05) is 49.2 Å². The first-order chi connectivity index (χ1) is 9.97. The van der Waals surface area contributed by atoms with Crippen LogP contribution in [0.3, 0.4) is 0 Å². The lowest BCUT2D eigenvalue weighted by atomic mass is 10.2. The van der Waals surface area contributed by atoms with Gasteiger partial charge in [-0.25, -0.2) is 9.97 Å². The summed E-state index contributed by atoms with van der Waals surface area (Å²) in [4.78, 5) is 14.1. The second-order valence-electron chi connectivity index (χ2n) is 6.47. The molecular formula is C16H29N5. The average Bonchev–Trinajstić information content (AvgIpc) is 2.57. The van der Waals surface area contributed by atoms with Crippen LogP contribution >= 0.6 is 0 Å². The highest BCUT2D eigenvalue weighted by Gasteiger charge is 2.22. The second-order valence-corrected chi connectivity index (χ2v) is 6.47. The van der Waals surface area contributed by atoms with E-state index in [1.165, 1.54) is 12.0 Å². The molecule has 118 valence electrons. The summed E-state index contributed by atoms with van der Waals surface area (Å²) in [6.07, 6.45) is 3.15. The van der Waals surface area contributed by atoms with Gasteiger partial charge in [0.25, 0.3) is 0 Å². The third-order valence-electron chi connectivity index (χ3n) is 4.07. The van der Waals surface area contributed by atoms with Gasteiger partial charge in [0.2, 0.25) is 5.95 Å². The molecule has 2 heterocycles. The summed E-state index contributed by atoms with van der Waals surface area (Å²) < 4.78 is 0. The molecule has 1 aliphatic heterocycles. The molecule has 1 saturated heterocycles. The van der Waals surface area contributed by atoms with Crippen LogP contribution in [0.15, 0.2) is 6.20 Å². The van der Waals surface area contributed by atoms with Crippen LogP contribution in [0, 0.1) is 6.92 Å². The topological polar surface area (TPSA) is 44.3 Å². The summed E-state index contributed by atoms with van der Waals surface area (Å²) in [5.41, 5.74) is 2.27. The average molecular weight is 291 g/mol. The largest absolute Gasteiger partial charge is 0.337 e. The Morgan fingerprint density at radius 2 is 2.14 bits per heavy atom. The fourth-order valence-electron chi connectivity index (χ4n) is 2.78. The van der Waals surface area contributed by atoms with Gasteiger partial charge in [0.1, 0.15) is 0 Å². The van der Waals surface area contributed by atoms with Crippen LogP contribution in [0.4, 0.5) is 5.95 Å². The van der Waals surface area contributed by atoms with Crippen LogP contribution in [-0.2, 0) is 6.54 Å². The maximum absolute atomic E-state index is 4.75. The third kappa shape index (κ3) is 4.38. The predicted octanol–water partition coefficient (Wildman–Crippen LogP) is 1.81. The van der Waals surface area contributed by atoms with Crippen LogP contribution < -0.4 is 10.2 Å². The van der Waals surface area contributed by atoms with E-state index in [9.17, 15) is 0 Å². The van der Waals surface area contributed by atoms with Crippen molar-refractivity contribution < 1.29 is 0 Å². The first kappa shape index (κ1) is 16.2. The summed E-state index contributed by atoms with van der Waals surface area (Å²) in [6.45, 7) is 12.7. The molecule has 1 aliphatic rings. The second kappa shape index (κ2) is 7.18. The van der Waals surface area contributed by atoms with Crippen molar-refractivity contribution in [1.82, 2.24) is 20.2 Å². The molecule has 0 aliphatic carbocycles. The van der Waals surface area contributed by atoms with Gasteiger partial charge in [0.05, 0.1) is 0 Å². The summed E-state index contributed by atoms with van der Waals surface area (Å²) >= 11 is 0. The van der Waals surface area contributed by atoms with Gasteiger partial charge in [-0.2, -0.15) is 0 Å². The molecule has 1 aromatic heterocycles. The Morgan fingerprint density at radius 1 is 1.38 bits per heavy atom. The van der Waals surface area contributed by atoms with Gasteiger partial charge in [-0.3, -0.25) is 0 Å². The van der Waals surface area contributed by atoms with Gasteiger partial charge < -0.3 is 15.1 Å². The monoisotopic (exact) mass is 291 g/mol. The third-order valence-corrected chi connectivity index (χ3v) is 4.07. The quantitative estimate of drug-likeness (QED) is 0.916. The lowest BCUT2D eigenvalue weighted by Crippen LogP contribution is -2.39. The molecule has 5 nitrogen and oxygen atoms in total. The lowest BCUT2D eigenvalue weighted by molar-refractivity contribution is 0.337. The molecule has 5 heteroatoms. The number of nitrogens with zero attached hydrogens (tertiary/aromatic N) is 4. The van der Waals surface area contributed by atoms with Crippen molar-refractivity contribution in [1.29, 1.82) is 0 Å². The number of aromatic nitrogens is 2. The SMILES string of the molecule is Cc1nc(N2CCCN(C)CC2C)ncc1CNC(C)C. The van der Waals surface area contributed by atoms with Crippen molar-refractivity contribution in [3.8, 4) is 0 Å². The van der Waals surface area contributed by atoms with Crippen molar-refractivity contribution >= 4 is 5.95 Å². The van der Waals surface area contributed by atoms with Crippen LogP contribution in [0.5, 0.6) is 0 Å². The minimum absolute atomic E-state index is 0.455. The number of rotatable bonds is 4. The van der Waals surface area contributed by atoms with E-state index >= 15 is 0 Å². The van der Waals surface area contributed by atoms with Crippen LogP contribution in [-0.4, -0.2) is 53.6 Å². The van der Waals surface area contributed by atoms with E-state index in [0.29, 0.717) is 12.1 Å². The predicted molar refractivity (Wildman–Crippen MR) is 87.7 cm³/mol. The Labute approximate surface area is 128 Å². The zero-order chi connectivity index (χ0) is 15.4. The Hall–Kier alpha value is -1.20. The Bertz CT molecular complexity index is 460. The standard InChI is InChI=1S/C16H29N5/c1-12(2)17-9-15-10-18-16(19-14(15)4)21-8-6-7-20(5)11-13(21)3/h10,12-13,17H,6-9,11H2,1-5H3. The van der Waals surface area contributed by atoms with E-state index in [0.717, 1.165) is 37.8 Å². The molecular weight excluding hydrogens is 262 g/mol. The molecule has 0 amide bonds. The summed E-state index contributed by atoms with van der Waals surface area (Å²) in [5, 5.41) is 3.43. The highest BCUT2D eigenvalue weighted by atomic mass is 15.3. The van der Waals surface area contributed by atoms with Crippen LogP contribution in [0.25, 0.3) is 0 Å². The highest BCUT2D eigenvalue weighted by molar-refractivity contribution is 5.34. The number of likely N-dealkylation sites (N-methyl/N-ethyl adjacent to an activating group) is 1. The highest BCUT2D eigenvalue weighted by Crippen LogP contribution is 2.17. The van der Waals surface area contributed by atoms with E-state index in [1.54, 1.807) is 0 Å². The van der Waals surface area contributed by atoms with Gasteiger partial charge in [0.15, 0.2) is 0 Å². The molecule has 0 aromatic carbocycles. The van der Waals surface area contributed by atoms with Crippen molar-refractivity contribution in [3.63, 3.8) is 0 Å². The van der Waals surface area contributed by atoms with E-state index in [2.05, 4.69) is 54.8 Å². The fraction of sp³-hybridized carbons (Fsp3) is 0.750. The molecule has 1 fully saturated rings. The molecule has 1 N–H and O–H groups in total. The van der Waals surface area contributed by atoms with Gasteiger partial charge in [-0.1, -0.05) is 13.8 Å². The minimum atomic E-state index is 0.455. The number of hydrogen-bond acceptors (Lipinski definition) is 5. The molecule has 1 unspecified atom stereocenters. The first-order valence-corrected chi connectivity index (χ1v) is 7.98. The number of anilines is 1. The van der Waals surface area contributed by atoms with Crippen molar-refractivity contribution in [2.24, 2.45) is 0 Å². The molecule has 0 saturated carbocycles. The molecule has 0 radical (unpaired) electrons. The molecule has 1 atom stereocenters. The van der Waals surface area contributed by atoms with Crippen LogP contribution in [0.2, 0.25) is 0 Å². The van der Waals surface area contributed by atoms with E-state index in [4.69, 9.17) is 4.98 Å². The summed E-state index contributed by atoms with van der Waals surface area (Å²) in [7, 11) is 2.19. The van der Waals surface area contributed by atoms with Crippen LogP contribution in [0.1, 0.15) is 38.4 Å². The maximum atomic E-state index is 4.75. The molecule has 21 heavy (non-hydrogen) atoms. The Kier molecular flexibility index (Phi) is 5.53. The number of hydrogen-bond donors (Lipinski definition) is 1. The first-order valence-electron chi connectivity index (χ1n) is 7.98. The number of nitrogens with one attached hydrogen (secondary N) is 1. The smallest absolute Gasteiger partial charge is 0.225 e. The maximum Gasteiger partial charge on any atom is 0.225 e. The van der Waals surface area contributed by atoms with Gasteiger partial charge >= 0.3 is 0 Å². The summed E-state index contributed by atoms with van der Waals surface area (Å²) in [6, 6.07) is 0.932. The lowest BCUT2D eigenvalue weighted by Gasteiger charge is -2.28. The normalized spacial score (nSPS) is 20.9. The van der Waals surface area contributed by atoms with E-state index in [-0.39, 0.29) is 0 Å².